The van der Waals surface area contributed by atoms with Crippen molar-refractivity contribution in [3.63, 3.8) is 0 Å². The van der Waals surface area contributed by atoms with Gasteiger partial charge in [0.25, 0.3) is 0 Å². The average molecular weight is 278 g/mol. The first-order valence-corrected chi connectivity index (χ1v) is 7.98. The Bertz CT molecular complexity index is 445. The molecule has 1 saturated carbocycles. The molecule has 3 aliphatic rings. The van der Waals surface area contributed by atoms with E-state index in [1.807, 2.05) is 6.92 Å². The summed E-state index contributed by atoms with van der Waals surface area (Å²) in [6.07, 6.45) is 5.70. The van der Waals surface area contributed by atoms with Crippen molar-refractivity contribution in [2.45, 2.75) is 65.1 Å². The lowest BCUT2D eigenvalue weighted by Gasteiger charge is -2.36. The maximum atomic E-state index is 12.4. The molecule has 1 heterocycles. The summed E-state index contributed by atoms with van der Waals surface area (Å²) in [6.45, 7) is 8.03. The van der Waals surface area contributed by atoms with Crippen LogP contribution >= 0.6 is 0 Å². The van der Waals surface area contributed by atoms with E-state index in [4.69, 9.17) is 9.47 Å². The second kappa shape index (κ2) is 4.96. The number of ether oxygens (including phenoxy) is 2. The Morgan fingerprint density at radius 1 is 1.20 bits per heavy atom. The van der Waals surface area contributed by atoms with Crippen LogP contribution in [0.15, 0.2) is 11.1 Å². The minimum atomic E-state index is -0.480. The lowest BCUT2D eigenvalue weighted by molar-refractivity contribution is -0.146. The van der Waals surface area contributed by atoms with E-state index in [0.717, 1.165) is 37.7 Å². The molecule has 1 saturated heterocycles. The Kier molecular flexibility index (Phi) is 3.54. The highest BCUT2D eigenvalue weighted by Crippen LogP contribution is 2.54. The molecule has 2 fully saturated rings. The van der Waals surface area contributed by atoms with Gasteiger partial charge in [0, 0.05) is 12.8 Å². The topological polar surface area (TPSA) is 35.5 Å². The number of allylic oxidation sites excluding steroid dienone is 2. The van der Waals surface area contributed by atoms with Gasteiger partial charge >= 0.3 is 0 Å². The van der Waals surface area contributed by atoms with Crippen LogP contribution in [0.2, 0.25) is 0 Å². The highest BCUT2D eigenvalue weighted by Gasteiger charge is 2.45. The third-order valence-corrected chi connectivity index (χ3v) is 5.90. The van der Waals surface area contributed by atoms with Crippen molar-refractivity contribution in [3.05, 3.63) is 11.1 Å². The maximum Gasteiger partial charge on any atom is 0.166 e. The molecule has 2 unspecified atom stereocenters. The zero-order chi connectivity index (χ0) is 14.4. The van der Waals surface area contributed by atoms with Crippen LogP contribution in [0.4, 0.5) is 0 Å². The summed E-state index contributed by atoms with van der Waals surface area (Å²) in [5.41, 5.74) is 2.81. The van der Waals surface area contributed by atoms with Crippen molar-refractivity contribution in [3.8, 4) is 0 Å². The van der Waals surface area contributed by atoms with Crippen LogP contribution in [0, 0.1) is 11.3 Å². The highest BCUT2D eigenvalue weighted by molar-refractivity contribution is 5.97. The highest BCUT2D eigenvalue weighted by atomic mass is 16.7. The molecular formula is C17H26O3. The number of hydrogen-bond donors (Lipinski definition) is 0. The van der Waals surface area contributed by atoms with Gasteiger partial charge in [0.1, 0.15) is 0 Å². The summed E-state index contributed by atoms with van der Waals surface area (Å²) in [6, 6.07) is 0. The Morgan fingerprint density at radius 3 is 2.60 bits per heavy atom. The average Bonchev–Trinajstić information content (AvgIpc) is 2.96. The first-order valence-electron chi connectivity index (χ1n) is 7.98. The van der Waals surface area contributed by atoms with Gasteiger partial charge in [-0.05, 0) is 49.5 Å². The standard InChI is InChI=1S/C17H26O3/c1-12-4-5-14-13(15(18)7-8-16(12,14)2)6-9-17(3)19-10-11-20-17/h12H,4-11H2,1-3H3. The van der Waals surface area contributed by atoms with E-state index in [9.17, 15) is 4.79 Å². The van der Waals surface area contributed by atoms with Gasteiger partial charge in [-0.25, -0.2) is 0 Å². The van der Waals surface area contributed by atoms with E-state index in [-0.39, 0.29) is 5.41 Å². The van der Waals surface area contributed by atoms with Crippen molar-refractivity contribution in [2.75, 3.05) is 13.2 Å². The first-order chi connectivity index (χ1) is 9.45. The Balaban J connectivity index is 1.81. The number of rotatable bonds is 3. The number of carbonyl (C=O) groups is 1. The number of ketones is 1. The molecule has 0 aromatic rings. The predicted octanol–water partition coefficient (Wildman–Crippen LogP) is 3.63. The van der Waals surface area contributed by atoms with Crippen molar-refractivity contribution in [1.82, 2.24) is 0 Å². The molecule has 1 aliphatic heterocycles. The van der Waals surface area contributed by atoms with Gasteiger partial charge in [-0.1, -0.05) is 19.4 Å². The summed E-state index contributed by atoms with van der Waals surface area (Å²) in [4.78, 5) is 12.4. The summed E-state index contributed by atoms with van der Waals surface area (Å²) >= 11 is 0. The van der Waals surface area contributed by atoms with Crippen LogP contribution in [0.5, 0.6) is 0 Å². The fraction of sp³-hybridized carbons (Fsp3) is 0.824. The molecule has 0 aromatic heterocycles. The molecule has 0 spiro atoms. The van der Waals surface area contributed by atoms with Gasteiger partial charge in [0.15, 0.2) is 11.6 Å². The van der Waals surface area contributed by atoms with Crippen molar-refractivity contribution in [1.29, 1.82) is 0 Å². The molecule has 0 aromatic carbocycles. The monoisotopic (exact) mass is 278 g/mol. The number of hydrogen-bond acceptors (Lipinski definition) is 3. The van der Waals surface area contributed by atoms with Crippen LogP contribution in [0.25, 0.3) is 0 Å². The van der Waals surface area contributed by atoms with Crippen LogP contribution in [-0.4, -0.2) is 24.8 Å². The zero-order valence-electron chi connectivity index (χ0n) is 13.0. The minimum Gasteiger partial charge on any atom is -0.348 e. The summed E-state index contributed by atoms with van der Waals surface area (Å²) < 4.78 is 11.3. The van der Waals surface area contributed by atoms with Crippen LogP contribution < -0.4 is 0 Å². The van der Waals surface area contributed by atoms with Crippen molar-refractivity contribution >= 4 is 5.78 Å². The van der Waals surface area contributed by atoms with Gasteiger partial charge in [-0.2, -0.15) is 0 Å². The second-order valence-electron chi connectivity index (χ2n) is 7.07. The van der Waals surface area contributed by atoms with Gasteiger partial charge < -0.3 is 9.47 Å². The van der Waals surface area contributed by atoms with E-state index < -0.39 is 5.79 Å². The Hall–Kier alpha value is -0.670. The second-order valence-corrected chi connectivity index (χ2v) is 7.07. The van der Waals surface area contributed by atoms with Crippen LogP contribution in [0.1, 0.15) is 59.3 Å². The third-order valence-electron chi connectivity index (χ3n) is 5.90. The zero-order valence-corrected chi connectivity index (χ0v) is 13.0. The summed E-state index contributed by atoms with van der Waals surface area (Å²) in [5, 5.41) is 0. The smallest absolute Gasteiger partial charge is 0.166 e. The maximum absolute atomic E-state index is 12.4. The molecule has 0 N–H and O–H groups in total. The van der Waals surface area contributed by atoms with Gasteiger partial charge in [0.05, 0.1) is 13.2 Å². The molecule has 0 bridgehead atoms. The molecule has 2 atom stereocenters. The lowest BCUT2D eigenvalue weighted by atomic mass is 9.68. The summed E-state index contributed by atoms with van der Waals surface area (Å²) in [5.74, 6) is 0.592. The molecule has 2 aliphatic carbocycles. The first kappa shape index (κ1) is 14.3. The number of Topliss-reactive ketones (excluding diaryl/α,β-unsaturated/α-hetero) is 1. The number of carbonyl (C=O) groups excluding carboxylic acids is 1. The van der Waals surface area contributed by atoms with E-state index >= 15 is 0 Å². The van der Waals surface area contributed by atoms with Crippen LogP contribution in [0.3, 0.4) is 0 Å². The molecule has 3 nitrogen and oxygen atoms in total. The quantitative estimate of drug-likeness (QED) is 0.791. The Labute approximate surface area is 121 Å². The van der Waals surface area contributed by atoms with E-state index in [0.29, 0.717) is 24.9 Å². The minimum absolute atomic E-state index is 0.265. The predicted molar refractivity (Wildman–Crippen MR) is 77.3 cm³/mol. The van der Waals surface area contributed by atoms with E-state index in [1.165, 1.54) is 12.0 Å². The fourth-order valence-corrected chi connectivity index (χ4v) is 4.19. The molecular weight excluding hydrogens is 252 g/mol. The largest absolute Gasteiger partial charge is 0.348 e. The molecule has 20 heavy (non-hydrogen) atoms. The third kappa shape index (κ3) is 2.25. The van der Waals surface area contributed by atoms with Gasteiger partial charge in [-0.3, -0.25) is 4.79 Å². The van der Waals surface area contributed by atoms with E-state index in [1.54, 1.807) is 0 Å². The van der Waals surface area contributed by atoms with Crippen molar-refractivity contribution in [2.24, 2.45) is 11.3 Å². The molecule has 0 radical (unpaired) electrons. The molecule has 0 amide bonds. The van der Waals surface area contributed by atoms with Gasteiger partial charge in [0.2, 0.25) is 0 Å². The summed E-state index contributed by atoms with van der Waals surface area (Å²) in [7, 11) is 0. The molecule has 3 rings (SSSR count). The SMILES string of the molecule is CC1CCC2=C(CCC3(C)OCCO3)C(=O)CCC21C. The fourth-order valence-electron chi connectivity index (χ4n) is 4.19. The van der Waals surface area contributed by atoms with Crippen LogP contribution in [-0.2, 0) is 14.3 Å². The van der Waals surface area contributed by atoms with E-state index in [2.05, 4.69) is 13.8 Å². The van der Waals surface area contributed by atoms with Gasteiger partial charge in [-0.15, -0.1) is 0 Å². The normalized spacial score (nSPS) is 36.5. The molecule has 3 heteroatoms. The van der Waals surface area contributed by atoms with Crippen molar-refractivity contribution < 1.29 is 14.3 Å². The number of fused-ring (bicyclic) bond motifs is 1. The molecule has 112 valence electrons. The Morgan fingerprint density at radius 2 is 1.90 bits per heavy atom. The lowest BCUT2D eigenvalue weighted by Crippen LogP contribution is -2.31.